The van der Waals surface area contributed by atoms with Gasteiger partial charge in [0.2, 0.25) is 5.91 Å². The molecule has 1 saturated heterocycles. The molecule has 1 aromatic heterocycles. The largest absolute Gasteiger partial charge is 0.334 e. The van der Waals surface area contributed by atoms with Gasteiger partial charge >= 0.3 is 0 Å². The van der Waals surface area contributed by atoms with Gasteiger partial charge in [0.25, 0.3) is 0 Å². The first-order valence-corrected chi connectivity index (χ1v) is 9.59. The Morgan fingerprint density at radius 2 is 2.08 bits per heavy atom. The summed E-state index contributed by atoms with van der Waals surface area (Å²) in [5, 5.41) is 7.65. The lowest BCUT2D eigenvalue weighted by molar-refractivity contribution is -0.133. The minimum atomic E-state index is 0.170. The van der Waals surface area contributed by atoms with Crippen LogP contribution in [-0.4, -0.2) is 38.6 Å². The van der Waals surface area contributed by atoms with E-state index in [2.05, 4.69) is 46.3 Å². The Kier molecular flexibility index (Phi) is 5.29. The van der Waals surface area contributed by atoms with Crippen molar-refractivity contribution in [1.29, 1.82) is 0 Å². The molecule has 2 atom stereocenters. The first-order chi connectivity index (χ1) is 11.6. The van der Waals surface area contributed by atoms with Gasteiger partial charge in [-0.3, -0.25) is 9.89 Å². The van der Waals surface area contributed by atoms with Crippen LogP contribution in [0.15, 0.2) is 30.3 Å². The van der Waals surface area contributed by atoms with Crippen LogP contribution >= 0.6 is 11.8 Å². The minimum Gasteiger partial charge on any atom is -0.334 e. The van der Waals surface area contributed by atoms with Crippen molar-refractivity contribution in [1.82, 2.24) is 15.1 Å². The topological polar surface area (TPSA) is 49.0 Å². The fourth-order valence-electron chi connectivity index (χ4n) is 3.52. The Balaban J connectivity index is 1.74. The number of aryl methyl sites for hydroxylation is 2. The van der Waals surface area contributed by atoms with Crippen molar-refractivity contribution in [2.24, 2.45) is 0 Å². The van der Waals surface area contributed by atoms with Crippen LogP contribution < -0.4 is 0 Å². The van der Waals surface area contributed by atoms with Gasteiger partial charge in [-0.25, -0.2) is 0 Å². The van der Waals surface area contributed by atoms with E-state index in [4.69, 9.17) is 0 Å². The maximum absolute atomic E-state index is 12.9. The first-order valence-electron chi connectivity index (χ1n) is 8.54. The third-order valence-corrected chi connectivity index (χ3v) is 6.03. The molecule has 3 rings (SSSR count). The van der Waals surface area contributed by atoms with Crippen molar-refractivity contribution in [3.63, 3.8) is 0 Å². The molecule has 2 heterocycles. The van der Waals surface area contributed by atoms with Crippen molar-refractivity contribution in [2.75, 3.05) is 12.3 Å². The molecule has 1 aliphatic rings. The van der Waals surface area contributed by atoms with E-state index < -0.39 is 0 Å². The third-order valence-electron chi connectivity index (χ3n) is 4.82. The summed E-state index contributed by atoms with van der Waals surface area (Å²) in [5.74, 6) is 1.26. The Bertz CT molecular complexity index is 678. The van der Waals surface area contributed by atoms with Crippen LogP contribution in [0.3, 0.4) is 0 Å². The average molecular weight is 343 g/mol. The van der Waals surface area contributed by atoms with E-state index in [0.717, 1.165) is 30.1 Å². The molecule has 128 valence electrons. The number of thioether (sulfide) groups is 1. The summed E-state index contributed by atoms with van der Waals surface area (Å²) in [4.78, 5) is 15.0. The molecule has 1 aliphatic heterocycles. The zero-order valence-electron chi connectivity index (χ0n) is 14.6. The molecule has 2 aromatic rings. The number of rotatable bonds is 4. The standard InChI is InChI=1S/C19H25N3OS/c1-13-17(14(2)21-20-13)9-10-18(23)22-11-12-24-15(3)19(22)16-7-5-4-6-8-16/h4-8,15,19H,9-12H2,1-3H3,(H,20,21)/t15-,19-/m0/s1. The summed E-state index contributed by atoms with van der Waals surface area (Å²) in [6.45, 7) is 7.07. The van der Waals surface area contributed by atoms with Gasteiger partial charge in [0.05, 0.1) is 11.7 Å². The SMILES string of the molecule is Cc1n[nH]c(C)c1CCC(=O)N1CCS[C@@H](C)[C@H]1c1ccccc1. The second-order valence-electron chi connectivity index (χ2n) is 6.43. The van der Waals surface area contributed by atoms with Gasteiger partial charge in [0, 0.05) is 29.7 Å². The van der Waals surface area contributed by atoms with E-state index in [1.54, 1.807) is 0 Å². The highest BCUT2D eigenvalue weighted by Crippen LogP contribution is 2.36. The summed E-state index contributed by atoms with van der Waals surface area (Å²) >= 11 is 1.95. The molecule has 1 aromatic carbocycles. The van der Waals surface area contributed by atoms with Crippen molar-refractivity contribution >= 4 is 17.7 Å². The lowest BCUT2D eigenvalue weighted by Crippen LogP contribution is -2.44. The van der Waals surface area contributed by atoms with Gasteiger partial charge in [0.1, 0.15) is 0 Å². The van der Waals surface area contributed by atoms with E-state index in [1.165, 1.54) is 11.1 Å². The molecule has 0 unspecified atom stereocenters. The second kappa shape index (κ2) is 7.43. The molecule has 0 bridgehead atoms. The van der Waals surface area contributed by atoms with Gasteiger partial charge in [0.15, 0.2) is 0 Å². The van der Waals surface area contributed by atoms with E-state index in [9.17, 15) is 4.79 Å². The molecule has 1 amide bonds. The van der Waals surface area contributed by atoms with E-state index >= 15 is 0 Å². The highest BCUT2D eigenvalue weighted by molar-refractivity contribution is 8.00. The van der Waals surface area contributed by atoms with Crippen LogP contribution in [0.5, 0.6) is 0 Å². The van der Waals surface area contributed by atoms with Crippen molar-refractivity contribution in [3.05, 3.63) is 52.8 Å². The number of nitrogens with one attached hydrogen (secondary N) is 1. The summed E-state index contributed by atoms with van der Waals surface area (Å²) in [7, 11) is 0. The van der Waals surface area contributed by atoms with E-state index in [-0.39, 0.29) is 11.9 Å². The monoisotopic (exact) mass is 343 g/mol. The van der Waals surface area contributed by atoms with Crippen LogP contribution in [0.4, 0.5) is 0 Å². The number of hydrogen-bond donors (Lipinski definition) is 1. The number of carbonyl (C=O) groups excluding carboxylic acids is 1. The van der Waals surface area contributed by atoms with Crippen molar-refractivity contribution in [3.8, 4) is 0 Å². The molecule has 1 N–H and O–H groups in total. The van der Waals surface area contributed by atoms with Crippen LogP contribution in [0, 0.1) is 13.8 Å². The molecule has 24 heavy (non-hydrogen) atoms. The molecule has 0 aliphatic carbocycles. The van der Waals surface area contributed by atoms with E-state index in [0.29, 0.717) is 11.7 Å². The predicted octanol–water partition coefficient (Wildman–Crippen LogP) is 3.66. The molecular formula is C19H25N3OS. The quantitative estimate of drug-likeness (QED) is 0.921. The zero-order chi connectivity index (χ0) is 17.1. The van der Waals surface area contributed by atoms with Gasteiger partial charge in [-0.15, -0.1) is 0 Å². The first kappa shape index (κ1) is 17.1. The van der Waals surface area contributed by atoms with Crippen LogP contribution in [0.1, 0.15) is 41.9 Å². The van der Waals surface area contributed by atoms with Crippen molar-refractivity contribution < 1.29 is 4.79 Å². The Morgan fingerprint density at radius 1 is 1.33 bits per heavy atom. The summed E-state index contributed by atoms with van der Waals surface area (Å²) in [6.07, 6.45) is 1.30. The summed E-state index contributed by atoms with van der Waals surface area (Å²) in [5.41, 5.74) is 4.49. The second-order valence-corrected chi connectivity index (χ2v) is 7.92. The number of aromatic amines is 1. The highest BCUT2D eigenvalue weighted by Gasteiger charge is 2.33. The van der Waals surface area contributed by atoms with Crippen molar-refractivity contribution in [2.45, 2.75) is 44.9 Å². The van der Waals surface area contributed by atoms with E-state index in [1.807, 2.05) is 31.7 Å². The maximum Gasteiger partial charge on any atom is 0.223 e. The Morgan fingerprint density at radius 3 is 2.75 bits per heavy atom. The minimum absolute atomic E-state index is 0.170. The summed E-state index contributed by atoms with van der Waals surface area (Å²) < 4.78 is 0. The predicted molar refractivity (Wildman–Crippen MR) is 99.2 cm³/mol. The number of aromatic nitrogens is 2. The molecule has 5 heteroatoms. The van der Waals surface area contributed by atoms with Gasteiger partial charge in [-0.1, -0.05) is 37.3 Å². The lowest BCUT2D eigenvalue weighted by atomic mass is 10.0. The highest BCUT2D eigenvalue weighted by atomic mass is 32.2. The third kappa shape index (κ3) is 3.51. The number of hydrogen-bond acceptors (Lipinski definition) is 3. The van der Waals surface area contributed by atoms with Gasteiger partial charge in [-0.05, 0) is 31.4 Å². The van der Waals surface area contributed by atoms with Gasteiger partial charge in [-0.2, -0.15) is 16.9 Å². The molecule has 0 saturated carbocycles. The normalized spacial score (nSPS) is 21.0. The smallest absolute Gasteiger partial charge is 0.223 e. The number of benzene rings is 1. The fourth-order valence-corrected chi connectivity index (χ4v) is 4.68. The number of H-pyrrole nitrogens is 1. The zero-order valence-corrected chi connectivity index (χ0v) is 15.4. The molecule has 4 nitrogen and oxygen atoms in total. The number of nitrogens with zero attached hydrogens (tertiary/aromatic N) is 2. The maximum atomic E-state index is 12.9. The summed E-state index contributed by atoms with van der Waals surface area (Å²) in [6, 6.07) is 10.6. The fraction of sp³-hybridized carbons (Fsp3) is 0.474. The number of amides is 1. The molecule has 1 fully saturated rings. The van der Waals surface area contributed by atoms with Crippen LogP contribution in [0.25, 0.3) is 0 Å². The Hall–Kier alpha value is -1.75. The van der Waals surface area contributed by atoms with Crippen LogP contribution in [-0.2, 0) is 11.2 Å². The number of carbonyl (C=O) groups is 1. The lowest BCUT2D eigenvalue weighted by Gasteiger charge is -2.40. The average Bonchev–Trinajstić information content (AvgIpc) is 2.91. The molecule has 0 spiro atoms. The molecular weight excluding hydrogens is 318 g/mol. The van der Waals surface area contributed by atoms with Gasteiger partial charge < -0.3 is 4.90 Å². The Labute approximate surface area is 148 Å². The van der Waals surface area contributed by atoms with Crippen LogP contribution in [0.2, 0.25) is 0 Å². The molecule has 0 radical (unpaired) electrons.